The fraction of sp³-hybridized carbons (Fsp3) is 0.308. The Kier molecular flexibility index (Phi) is 3.64. The number of aliphatic hydroxyl groups is 1. The molecule has 1 atom stereocenters. The number of thiazole rings is 1. The molecule has 2 nitrogen and oxygen atoms in total. The lowest BCUT2D eigenvalue weighted by Gasteiger charge is -2.07. The number of alkyl halides is 3. The average molecular weight is 287 g/mol. The van der Waals surface area contributed by atoms with E-state index in [0.717, 1.165) is 12.1 Å². The number of halogens is 3. The zero-order valence-electron chi connectivity index (χ0n) is 10.3. The quantitative estimate of drug-likeness (QED) is 0.898. The molecule has 0 bridgehead atoms. The summed E-state index contributed by atoms with van der Waals surface area (Å²) in [6, 6.07) is 5.04. The molecule has 2 rings (SSSR count). The van der Waals surface area contributed by atoms with E-state index in [-0.39, 0.29) is 0 Å². The van der Waals surface area contributed by atoms with E-state index in [0.29, 0.717) is 21.1 Å². The highest BCUT2D eigenvalue weighted by Gasteiger charge is 2.30. The summed E-state index contributed by atoms with van der Waals surface area (Å²) >= 11 is 1.21. The Morgan fingerprint density at radius 2 is 2.00 bits per heavy atom. The molecule has 102 valence electrons. The predicted molar refractivity (Wildman–Crippen MR) is 67.9 cm³/mol. The van der Waals surface area contributed by atoms with Crippen LogP contribution in [0.25, 0.3) is 10.6 Å². The van der Waals surface area contributed by atoms with Crippen LogP contribution in [0.4, 0.5) is 13.2 Å². The van der Waals surface area contributed by atoms with E-state index in [2.05, 4.69) is 4.98 Å². The van der Waals surface area contributed by atoms with E-state index in [1.807, 2.05) is 0 Å². The second-order valence-corrected chi connectivity index (χ2v) is 5.25. The van der Waals surface area contributed by atoms with Gasteiger partial charge in [-0.15, -0.1) is 11.3 Å². The minimum atomic E-state index is -4.37. The fourth-order valence-electron chi connectivity index (χ4n) is 1.75. The van der Waals surface area contributed by atoms with Crippen LogP contribution in [0.5, 0.6) is 0 Å². The highest BCUT2D eigenvalue weighted by molar-refractivity contribution is 7.15. The van der Waals surface area contributed by atoms with Gasteiger partial charge in [-0.2, -0.15) is 13.2 Å². The van der Waals surface area contributed by atoms with Crippen molar-refractivity contribution in [2.24, 2.45) is 0 Å². The lowest BCUT2D eigenvalue weighted by atomic mass is 10.1. The number of aliphatic hydroxyl groups excluding tert-OH is 1. The third-order valence-corrected chi connectivity index (χ3v) is 4.03. The Morgan fingerprint density at radius 3 is 2.53 bits per heavy atom. The maximum Gasteiger partial charge on any atom is 0.416 e. The Labute approximate surface area is 112 Å². The number of aryl methyl sites for hydroxylation is 1. The molecule has 0 saturated carbocycles. The van der Waals surface area contributed by atoms with E-state index in [1.54, 1.807) is 19.9 Å². The summed E-state index contributed by atoms with van der Waals surface area (Å²) in [6.07, 6.45) is -5.04. The number of benzene rings is 1. The molecule has 0 aliphatic carbocycles. The zero-order valence-corrected chi connectivity index (χ0v) is 11.1. The minimum absolute atomic E-state index is 0.412. The van der Waals surface area contributed by atoms with Crippen LogP contribution in [0.2, 0.25) is 0 Å². The van der Waals surface area contributed by atoms with Crippen LogP contribution in [-0.2, 0) is 6.18 Å². The van der Waals surface area contributed by atoms with Gasteiger partial charge in [0, 0.05) is 5.56 Å². The first kappa shape index (κ1) is 14.0. The monoisotopic (exact) mass is 287 g/mol. The molecule has 1 N–H and O–H groups in total. The molecule has 0 aliphatic heterocycles. The molecule has 6 heteroatoms. The van der Waals surface area contributed by atoms with Crippen LogP contribution < -0.4 is 0 Å². The van der Waals surface area contributed by atoms with Gasteiger partial charge in [0.05, 0.1) is 22.2 Å². The number of aromatic nitrogens is 1. The second kappa shape index (κ2) is 4.94. The molecule has 19 heavy (non-hydrogen) atoms. The fourth-order valence-corrected chi connectivity index (χ4v) is 2.75. The zero-order chi connectivity index (χ0) is 14.2. The van der Waals surface area contributed by atoms with Gasteiger partial charge in [-0.25, -0.2) is 4.98 Å². The number of nitrogens with zero attached hydrogens (tertiary/aromatic N) is 1. The first-order valence-corrected chi connectivity index (χ1v) is 6.43. The van der Waals surface area contributed by atoms with E-state index >= 15 is 0 Å². The van der Waals surface area contributed by atoms with Crippen molar-refractivity contribution in [3.8, 4) is 10.6 Å². The summed E-state index contributed by atoms with van der Waals surface area (Å²) in [6.45, 7) is 3.34. The van der Waals surface area contributed by atoms with Crippen molar-refractivity contribution in [1.82, 2.24) is 4.98 Å². The highest BCUT2D eigenvalue weighted by Crippen LogP contribution is 2.35. The Balaban J connectivity index is 2.45. The van der Waals surface area contributed by atoms with Crippen molar-refractivity contribution in [2.45, 2.75) is 26.1 Å². The van der Waals surface area contributed by atoms with Gasteiger partial charge in [-0.3, -0.25) is 0 Å². The molecule has 1 heterocycles. The third-order valence-electron chi connectivity index (χ3n) is 2.65. The van der Waals surface area contributed by atoms with Crippen LogP contribution in [0.3, 0.4) is 0 Å². The molecule has 0 spiro atoms. The van der Waals surface area contributed by atoms with Crippen molar-refractivity contribution in [3.63, 3.8) is 0 Å². The summed E-state index contributed by atoms with van der Waals surface area (Å²) in [5.41, 5.74) is 0.360. The molecule has 1 aromatic carbocycles. The van der Waals surface area contributed by atoms with E-state index in [1.165, 1.54) is 17.4 Å². The summed E-state index contributed by atoms with van der Waals surface area (Å²) in [4.78, 5) is 4.89. The van der Waals surface area contributed by atoms with Crippen LogP contribution >= 0.6 is 11.3 Å². The van der Waals surface area contributed by atoms with Crippen LogP contribution in [0.15, 0.2) is 24.3 Å². The Bertz CT molecular complexity index is 590. The SMILES string of the molecule is Cc1nc(-c2cccc(C(F)(F)F)c2)sc1C(C)O. The van der Waals surface area contributed by atoms with Crippen LogP contribution in [0, 0.1) is 6.92 Å². The minimum Gasteiger partial charge on any atom is -0.388 e. The molecule has 0 aliphatic rings. The summed E-state index contributed by atoms with van der Waals surface area (Å²) < 4.78 is 37.9. The molecule has 0 saturated heterocycles. The largest absolute Gasteiger partial charge is 0.416 e. The van der Waals surface area contributed by atoms with Crippen molar-refractivity contribution < 1.29 is 18.3 Å². The topological polar surface area (TPSA) is 33.1 Å². The highest BCUT2D eigenvalue weighted by atomic mass is 32.1. The maximum absolute atomic E-state index is 12.6. The first-order valence-electron chi connectivity index (χ1n) is 5.62. The molecular weight excluding hydrogens is 275 g/mol. The number of hydrogen-bond acceptors (Lipinski definition) is 3. The van der Waals surface area contributed by atoms with Crippen molar-refractivity contribution in [2.75, 3.05) is 0 Å². The van der Waals surface area contributed by atoms with E-state index in [4.69, 9.17) is 0 Å². The predicted octanol–water partition coefficient (Wildman–Crippen LogP) is 4.19. The first-order chi connectivity index (χ1) is 8.79. The second-order valence-electron chi connectivity index (χ2n) is 4.22. The Hall–Kier alpha value is -1.40. The van der Waals surface area contributed by atoms with Gasteiger partial charge in [0.1, 0.15) is 5.01 Å². The van der Waals surface area contributed by atoms with Gasteiger partial charge >= 0.3 is 6.18 Å². The maximum atomic E-state index is 12.6. The molecular formula is C13H12F3NOS. The third kappa shape index (κ3) is 2.96. The van der Waals surface area contributed by atoms with Gasteiger partial charge in [-0.1, -0.05) is 12.1 Å². The molecule has 2 aromatic rings. The molecule has 0 amide bonds. The average Bonchev–Trinajstić information content (AvgIpc) is 2.70. The standard InChI is InChI=1S/C13H12F3NOS/c1-7-11(8(2)18)19-12(17-7)9-4-3-5-10(6-9)13(14,15)16/h3-6,8,18H,1-2H3. The van der Waals surface area contributed by atoms with Crippen molar-refractivity contribution >= 4 is 11.3 Å². The molecule has 1 unspecified atom stereocenters. The molecule has 0 radical (unpaired) electrons. The lowest BCUT2D eigenvalue weighted by molar-refractivity contribution is -0.137. The lowest BCUT2D eigenvalue weighted by Crippen LogP contribution is -2.04. The van der Waals surface area contributed by atoms with Crippen LogP contribution in [0.1, 0.15) is 29.2 Å². The number of rotatable bonds is 2. The van der Waals surface area contributed by atoms with Gasteiger partial charge in [0.2, 0.25) is 0 Å². The van der Waals surface area contributed by atoms with Gasteiger partial charge in [0.25, 0.3) is 0 Å². The van der Waals surface area contributed by atoms with Gasteiger partial charge in [-0.05, 0) is 26.0 Å². The van der Waals surface area contributed by atoms with E-state index in [9.17, 15) is 18.3 Å². The van der Waals surface area contributed by atoms with Crippen molar-refractivity contribution in [3.05, 3.63) is 40.4 Å². The van der Waals surface area contributed by atoms with Gasteiger partial charge in [0.15, 0.2) is 0 Å². The summed E-state index contributed by atoms with van der Waals surface area (Å²) in [5, 5.41) is 10.0. The smallest absolute Gasteiger partial charge is 0.388 e. The summed E-state index contributed by atoms with van der Waals surface area (Å²) in [5.74, 6) is 0. The summed E-state index contributed by atoms with van der Waals surface area (Å²) in [7, 11) is 0. The normalized spacial score (nSPS) is 13.6. The molecule has 0 fully saturated rings. The molecule has 1 aromatic heterocycles. The van der Waals surface area contributed by atoms with Crippen LogP contribution in [-0.4, -0.2) is 10.1 Å². The van der Waals surface area contributed by atoms with Gasteiger partial charge < -0.3 is 5.11 Å². The Morgan fingerprint density at radius 1 is 1.32 bits per heavy atom. The number of hydrogen-bond donors (Lipinski definition) is 1. The van der Waals surface area contributed by atoms with Crippen molar-refractivity contribution in [1.29, 1.82) is 0 Å². The van der Waals surface area contributed by atoms with E-state index < -0.39 is 17.8 Å².